The van der Waals surface area contributed by atoms with Crippen molar-refractivity contribution in [2.24, 2.45) is 0 Å². The number of rotatable bonds is 9. The summed E-state index contributed by atoms with van der Waals surface area (Å²) in [7, 11) is -3.58. The van der Waals surface area contributed by atoms with E-state index in [1.165, 1.54) is 27.2 Å². The minimum absolute atomic E-state index is 0.269. The van der Waals surface area contributed by atoms with Crippen LogP contribution in [0.25, 0.3) is 17.1 Å². The quantitative estimate of drug-likeness (QED) is 0.351. The van der Waals surface area contributed by atoms with Gasteiger partial charge in [0.2, 0.25) is 10.0 Å². The van der Waals surface area contributed by atoms with Gasteiger partial charge in [-0.3, -0.25) is 4.57 Å². The molecule has 8 heteroatoms. The van der Waals surface area contributed by atoms with E-state index in [9.17, 15) is 8.42 Å². The summed E-state index contributed by atoms with van der Waals surface area (Å²) in [5.74, 6) is 1.25. The van der Waals surface area contributed by atoms with Gasteiger partial charge in [0.05, 0.1) is 10.6 Å². The minimum Gasteiger partial charge on any atom is -0.269 e. The van der Waals surface area contributed by atoms with Crippen LogP contribution in [0.2, 0.25) is 0 Å². The van der Waals surface area contributed by atoms with Crippen LogP contribution < -0.4 is 0 Å². The molecule has 0 unspecified atom stereocenters. The van der Waals surface area contributed by atoms with Crippen molar-refractivity contribution >= 4 is 21.8 Å². The van der Waals surface area contributed by atoms with E-state index in [1.54, 1.807) is 18.2 Å². The molecule has 3 aromatic rings. The smallest absolute Gasteiger partial charge is 0.243 e. The van der Waals surface area contributed by atoms with Gasteiger partial charge in [-0.05, 0) is 41.4 Å². The summed E-state index contributed by atoms with van der Waals surface area (Å²) in [6.07, 6.45) is 1.98. The number of hydrogen-bond acceptors (Lipinski definition) is 5. The van der Waals surface area contributed by atoms with Gasteiger partial charge in [0, 0.05) is 18.7 Å². The molecular weight excluding hydrogens is 452 g/mol. The maximum Gasteiger partial charge on any atom is 0.243 e. The van der Waals surface area contributed by atoms with Crippen molar-refractivity contribution in [1.29, 1.82) is 0 Å². The molecule has 0 saturated carbocycles. The third kappa shape index (κ3) is 4.88. The molecule has 178 valence electrons. The normalized spacial score (nSPS) is 12.3. The van der Waals surface area contributed by atoms with Crippen molar-refractivity contribution in [1.82, 2.24) is 19.1 Å². The van der Waals surface area contributed by atoms with Crippen molar-refractivity contribution in [3.63, 3.8) is 0 Å². The van der Waals surface area contributed by atoms with Crippen LogP contribution >= 0.6 is 11.8 Å². The molecule has 0 spiro atoms. The van der Waals surface area contributed by atoms with Gasteiger partial charge in [-0.2, -0.15) is 4.31 Å². The number of sulfonamides is 1. The fourth-order valence-electron chi connectivity index (χ4n) is 4.07. The molecule has 0 fully saturated rings. The van der Waals surface area contributed by atoms with Crippen LogP contribution in [-0.2, 0) is 10.0 Å². The molecule has 0 radical (unpaired) electrons. The Kier molecular flexibility index (Phi) is 8.03. The largest absolute Gasteiger partial charge is 0.269 e. The first-order valence-electron chi connectivity index (χ1n) is 11.4. The second-order valence-corrected chi connectivity index (χ2v) is 11.3. The van der Waals surface area contributed by atoms with Crippen molar-refractivity contribution < 1.29 is 8.42 Å². The molecule has 0 N–H and O–H groups in total. The van der Waals surface area contributed by atoms with Crippen LogP contribution in [-0.4, -0.2) is 46.8 Å². The highest BCUT2D eigenvalue weighted by atomic mass is 32.2. The van der Waals surface area contributed by atoms with E-state index in [1.807, 2.05) is 26.2 Å². The van der Waals surface area contributed by atoms with Crippen molar-refractivity contribution in [3.8, 4) is 17.1 Å². The summed E-state index contributed by atoms with van der Waals surface area (Å²) in [4.78, 5) is 0.269. The number of thioether (sulfide) groups is 1. The van der Waals surface area contributed by atoms with Gasteiger partial charge in [0.25, 0.3) is 0 Å². The molecule has 0 aliphatic heterocycles. The SMILES string of the molecule is CCN(CC)S(=O)(=O)c1cccc(-c2nnc(SC)n2-c2c(C(C)C)cccc2C(C)C)c1. The lowest BCUT2D eigenvalue weighted by Crippen LogP contribution is -2.30. The fraction of sp³-hybridized carbons (Fsp3) is 0.440. The maximum absolute atomic E-state index is 13.2. The molecule has 0 amide bonds. The maximum atomic E-state index is 13.2. The summed E-state index contributed by atoms with van der Waals surface area (Å²) in [5.41, 5.74) is 4.24. The van der Waals surface area contributed by atoms with Crippen LogP contribution in [0.5, 0.6) is 0 Å². The third-order valence-electron chi connectivity index (χ3n) is 5.82. The predicted octanol–water partition coefficient (Wildman–Crippen LogP) is 5.93. The Balaban J connectivity index is 2.29. The Morgan fingerprint density at radius 1 is 0.939 bits per heavy atom. The number of hydrogen-bond donors (Lipinski definition) is 0. The zero-order valence-corrected chi connectivity index (χ0v) is 22.2. The zero-order valence-electron chi connectivity index (χ0n) is 20.5. The van der Waals surface area contributed by atoms with Gasteiger partial charge >= 0.3 is 0 Å². The van der Waals surface area contributed by atoms with Gasteiger partial charge in [0.15, 0.2) is 11.0 Å². The Bertz CT molecular complexity index is 1190. The Labute approximate surface area is 202 Å². The van der Waals surface area contributed by atoms with Gasteiger partial charge in [-0.1, -0.05) is 83.6 Å². The summed E-state index contributed by atoms with van der Waals surface area (Å²) < 4.78 is 29.9. The third-order valence-corrected chi connectivity index (χ3v) is 8.49. The summed E-state index contributed by atoms with van der Waals surface area (Å²) in [6, 6.07) is 13.5. The minimum atomic E-state index is -3.58. The van der Waals surface area contributed by atoms with E-state index in [2.05, 4.69) is 60.7 Å². The topological polar surface area (TPSA) is 68.1 Å². The van der Waals surface area contributed by atoms with Crippen LogP contribution in [0.1, 0.15) is 64.5 Å². The highest BCUT2D eigenvalue weighted by Crippen LogP contribution is 2.36. The van der Waals surface area contributed by atoms with E-state index in [0.717, 1.165) is 16.4 Å². The average Bonchev–Trinajstić information content (AvgIpc) is 3.23. The van der Waals surface area contributed by atoms with Gasteiger partial charge in [0.1, 0.15) is 0 Å². The molecular formula is C25H34N4O2S2. The number of aromatic nitrogens is 3. The lowest BCUT2D eigenvalue weighted by Gasteiger charge is -2.22. The van der Waals surface area contributed by atoms with E-state index in [4.69, 9.17) is 0 Å². The van der Waals surface area contributed by atoms with E-state index >= 15 is 0 Å². The molecule has 1 heterocycles. The molecule has 3 rings (SSSR count). The average molecular weight is 487 g/mol. The molecule has 0 bridgehead atoms. The van der Waals surface area contributed by atoms with Crippen LogP contribution in [0.4, 0.5) is 0 Å². The molecule has 1 aromatic heterocycles. The molecule has 0 aliphatic rings. The van der Waals surface area contributed by atoms with Crippen molar-refractivity contribution in [2.45, 2.75) is 63.4 Å². The second-order valence-electron chi connectivity index (χ2n) is 8.56. The van der Waals surface area contributed by atoms with Gasteiger partial charge in [-0.15, -0.1) is 10.2 Å². The molecule has 33 heavy (non-hydrogen) atoms. The first-order chi connectivity index (χ1) is 15.7. The van der Waals surface area contributed by atoms with Crippen LogP contribution in [0, 0.1) is 0 Å². The fourth-order valence-corrected chi connectivity index (χ4v) is 6.06. The number of benzene rings is 2. The Morgan fingerprint density at radius 3 is 2.03 bits per heavy atom. The lowest BCUT2D eigenvalue weighted by atomic mass is 9.92. The molecule has 0 saturated heterocycles. The van der Waals surface area contributed by atoms with E-state index in [-0.39, 0.29) is 4.90 Å². The molecule has 2 aromatic carbocycles. The summed E-state index contributed by atoms with van der Waals surface area (Å²) in [6.45, 7) is 13.3. The second kappa shape index (κ2) is 10.4. The standard InChI is InChI=1S/C25H34N4O2S2/c1-8-28(9-2)33(30,31)20-13-10-12-19(16-20)24-26-27-25(32-7)29(24)23-21(17(3)4)14-11-15-22(23)18(5)6/h10-18H,8-9H2,1-7H3. The Morgan fingerprint density at radius 2 is 1.52 bits per heavy atom. The molecule has 0 aliphatic carbocycles. The highest BCUT2D eigenvalue weighted by Gasteiger charge is 2.25. The number of para-hydroxylation sites is 1. The predicted molar refractivity (Wildman–Crippen MR) is 137 cm³/mol. The highest BCUT2D eigenvalue weighted by molar-refractivity contribution is 7.98. The number of nitrogens with zero attached hydrogens (tertiary/aromatic N) is 4. The van der Waals surface area contributed by atoms with Crippen LogP contribution in [0.3, 0.4) is 0 Å². The zero-order chi connectivity index (χ0) is 24.3. The first-order valence-corrected chi connectivity index (χ1v) is 14.1. The lowest BCUT2D eigenvalue weighted by molar-refractivity contribution is 0.445. The Hall–Kier alpha value is -2.16. The summed E-state index contributed by atoms with van der Waals surface area (Å²) >= 11 is 1.53. The van der Waals surface area contributed by atoms with Crippen molar-refractivity contribution in [3.05, 3.63) is 53.6 Å². The van der Waals surface area contributed by atoms with Gasteiger partial charge < -0.3 is 0 Å². The van der Waals surface area contributed by atoms with E-state index < -0.39 is 10.0 Å². The van der Waals surface area contributed by atoms with Crippen LogP contribution in [0.15, 0.2) is 52.5 Å². The molecule has 6 nitrogen and oxygen atoms in total. The van der Waals surface area contributed by atoms with Gasteiger partial charge in [-0.25, -0.2) is 8.42 Å². The van der Waals surface area contributed by atoms with Crippen molar-refractivity contribution in [2.75, 3.05) is 19.3 Å². The van der Waals surface area contributed by atoms with E-state index in [0.29, 0.717) is 30.7 Å². The summed E-state index contributed by atoms with van der Waals surface area (Å²) in [5, 5.41) is 9.77. The first kappa shape index (κ1) is 25.5. The monoisotopic (exact) mass is 486 g/mol. The molecule has 0 atom stereocenters.